The Morgan fingerprint density at radius 1 is 0.821 bits per heavy atom. The third-order valence-corrected chi connectivity index (χ3v) is 6.42. The summed E-state index contributed by atoms with van der Waals surface area (Å²) in [5.41, 5.74) is 5.17. The van der Waals surface area contributed by atoms with E-state index in [2.05, 4.69) is 5.32 Å². The van der Waals surface area contributed by atoms with E-state index in [1.165, 1.54) is 0 Å². The van der Waals surface area contributed by atoms with E-state index in [0.717, 1.165) is 16.8 Å². The molecule has 2 heterocycles. The number of benzene rings is 2. The number of aromatic nitrogens is 2. The minimum Gasteiger partial charge on any atom is -0.462 e. The van der Waals surface area contributed by atoms with Crippen molar-refractivity contribution in [3.8, 4) is 16.9 Å². The number of nitrogens with one attached hydrogen (secondary N) is 1. The first-order valence-corrected chi connectivity index (χ1v) is 13.4. The van der Waals surface area contributed by atoms with E-state index in [-0.39, 0.29) is 25.0 Å². The van der Waals surface area contributed by atoms with Crippen LogP contribution in [0.2, 0.25) is 0 Å². The van der Waals surface area contributed by atoms with E-state index in [9.17, 15) is 9.59 Å². The first kappa shape index (κ1) is 27.9. The van der Waals surface area contributed by atoms with E-state index in [0.29, 0.717) is 28.2 Å². The Hall–Kier alpha value is -4.13. The second-order valence-corrected chi connectivity index (χ2v) is 10.7. The van der Waals surface area contributed by atoms with Gasteiger partial charge in [-0.05, 0) is 37.8 Å². The fourth-order valence-electron chi connectivity index (χ4n) is 4.62. The van der Waals surface area contributed by atoms with Gasteiger partial charge in [0, 0.05) is 28.7 Å². The normalized spacial score (nSPS) is 14.2. The van der Waals surface area contributed by atoms with E-state index in [1.807, 2.05) is 108 Å². The van der Waals surface area contributed by atoms with Crippen LogP contribution in [0.1, 0.15) is 53.0 Å². The molecule has 3 aromatic rings. The molecular weight excluding hydrogens is 490 g/mol. The number of hydrogen-bond donors (Lipinski definition) is 1. The fraction of sp³-hybridized carbons (Fsp3) is 0.344. The van der Waals surface area contributed by atoms with Crippen LogP contribution in [0.4, 0.5) is 0 Å². The monoisotopic (exact) mass is 527 g/mol. The summed E-state index contributed by atoms with van der Waals surface area (Å²) in [7, 11) is 0. The maximum Gasteiger partial charge on any atom is 0.336 e. The number of rotatable bonds is 9. The molecule has 0 radical (unpaired) electrons. The zero-order chi connectivity index (χ0) is 28.1. The Bertz CT molecular complexity index is 1340. The molecule has 1 aliphatic rings. The maximum absolute atomic E-state index is 13.6. The Balaban J connectivity index is 1.94. The molecule has 0 atom stereocenters. The highest BCUT2D eigenvalue weighted by Gasteiger charge is 2.40. The molecule has 0 bridgehead atoms. The zero-order valence-corrected chi connectivity index (χ0v) is 23.5. The summed E-state index contributed by atoms with van der Waals surface area (Å²) in [4.78, 5) is 27.3. The molecule has 4 rings (SSSR count). The van der Waals surface area contributed by atoms with E-state index >= 15 is 0 Å². The van der Waals surface area contributed by atoms with Gasteiger partial charge in [-0.1, -0.05) is 76.2 Å². The predicted octanol–water partition coefficient (Wildman–Crippen LogP) is 6.17. The number of esters is 2. The van der Waals surface area contributed by atoms with Crippen LogP contribution in [0.15, 0.2) is 89.4 Å². The number of nitrogens with zero attached hydrogens (tertiary/aromatic N) is 2. The van der Waals surface area contributed by atoms with Gasteiger partial charge in [-0.15, -0.1) is 0 Å². The van der Waals surface area contributed by atoms with Gasteiger partial charge < -0.3 is 14.8 Å². The average molecular weight is 528 g/mol. The van der Waals surface area contributed by atoms with Crippen molar-refractivity contribution in [1.82, 2.24) is 15.1 Å². The smallest absolute Gasteiger partial charge is 0.336 e. The number of para-hydroxylation sites is 1. The first-order valence-electron chi connectivity index (χ1n) is 13.4. The third-order valence-electron chi connectivity index (χ3n) is 6.42. The molecule has 0 saturated carbocycles. The lowest BCUT2D eigenvalue weighted by Crippen LogP contribution is -2.33. The molecule has 7 nitrogen and oxygen atoms in total. The molecule has 0 fully saturated rings. The number of dihydropyridines is 1. The van der Waals surface area contributed by atoms with Crippen LogP contribution < -0.4 is 5.32 Å². The van der Waals surface area contributed by atoms with Crippen molar-refractivity contribution in [2.45, 2.75) is 47.5 Å². The summed E-state index contributed by atoms with van der Waals surface area (Å²) in [5, 5.41) is 8.20. The van der Waals surface area contributed by atoms with Crippen LogP contribution in [0.25, 0.3) is 16.9 Å². The molecule has 1 aromatic heterocycles. The highest BCUT2D eigenvalue weighted by Crippen LogP contribution is 2.43. The summed E-state index contributed by atoms with van der Waals surface area (Å²) < 4.78 is 13.2. The van der Waals surface area contributed by atoms with Gasteiger partial charge in [0.05, 0.1) is 41.7 Å². The zero-order valence-electron chi connectivity index (χ0n) is 23.5. The van der Waals surface area contributed by atoms with Gasteiger partial charge in [0.15, 0.2) is 0 Å². The molecule has 204 valence electrons. The summed E-state index contributed by atoms with van der Waals surface area (Å²) >= 11 is 0. The predicted molar refractivity (Wildman–Crippen MR) is 152 cm³/mol. The molecule has 2 aromatic carbocycles. The van der Waals surface area contributed by atoms with E-state index in [1.54, 1.807) is 4.68 Å². The molecular formula is C32H37N3O4. The van der Waals surface area contributed by atoms with E-state index in [4.69, 9.17) is 14.6 Å². The number of carbonyl (C=O) groups excluding carboxylic acids is 2. The van der Waals surface area contributed by atoms with Crippen LogP contribution in [0.5, 0.6) is 0 Å². The van der Waals surface area contributed by atoms with Crippen molar-refractivity contribution in [3.63, 3.8) is 0 Å². The number of ether oxygens (including phenoxy) is 2. The van der Waals surface area contributed by atoms with Crippen molar-refractivity contribution in [2.75, 3.05) is 13.2 Å². The maximum atomic E-state index is 13.6. The van der Waals surface area contributed by atoms with Gasteiger partial charge in [-0.25, -0.2) is 14.3 Å². The summed E-state index contributed by atoms with van der Waals surface area (Å²) in [5.74, 6) is -1.34. The van der Waals surface area contributed by atoms with Crippen molar-refractivity contribution < 1.29 is 19.1 Å². The van der Waals surface area contributed by atoms with Crippen LogP contribution in [0.3, 0.4) is 0 Å². The topological polar surface area (TPSA) is 82.5 Å². The number of allylic oxidation sites excluding steroid dienone is 2. The SMILES string of the molecule is CC1=C(C(=O)OCC(C)C)C(c2cn(-c3ccccc3)nc2-c2ccccc2)C(C(=O)OCC(C)C)=C(C)N1. The second-order valence-electron chi connectivity index (χ2n) is 10.7. The third kappa shape index (κ3) is 6.30. The second kappa shape index (κ2) is 12.2. The molecule has 0 spiro atoms. The minimum atomic E-state index is -0.738. The summed E-state index contributed by atoms with van der Waals surface area (Å²) in [6.07, 6.45) is 1.90. The highest BCUT2D eigenvalue weighted by atomic mass is 16.5. The Morgan fingerprint density at radius 3 is 1.79 bits per heavy atom. The summed E-state index contributed by atoms with van der Waals surface area (Å²) in [6.45, 7) is 12.2. The van der Waals surface area contributed by atoms with Crippen molar-refractivity contribution >= 4 is 11.9 Å². The first-order chi connectivity index (χ1) is 18.7. The van der Waals surface area contributed by atoms with Gasteiger partial charge in [-0.2, -0.15) is 5.10 Å². The van der Waals surface area contributed by atoms with Crippen molar-refractivity contribution in [1.29, 1.82) is 0 Å². The minimum absolute atomic E-state index is 0.165. The van der Waals surface area contributed by atoms with Crippen molar-refractivity contribution in [3.05, 3.63) is 95.0 Å². The van der Waals surface area contributed by atoms with Crippen LogP contribution in [0, 0.1) is 11.8 Å². The van der Waals surface area contributed by atoms with Gasteiger partial charge in [-0.3, -0.25) is 0 Å². The molecule has 0 unspecified atom stereocenters. The quantitative estimate of drug-likeness (QED) is 0.335. The Morgan fingerprint density at radius 2 is 1.31 bits per heavy atom. The van der Waals surface area contributed by atoms with Crippen LogP contribution in [-0.2, 0) is 19.1 Å². The average Bonchev–Trinajstić information content (AvgIpc) is 3.36. The lowest BCUT2D eigenvalue weighted by molar-refractivity contribution is -0.141. The molecule has 0 amide bonds. The number of hydrogen-bond acceptors (Lipinski definition) is 6. The Kier molecular flexibility index (Phi) is 8.69. The van der Waals surface area contributed by atoms with Crippen molar-refractivity contribution in [2.24, 2.45) is 11.8 Å². The lowest BCUT2D eigenvalue weighted by atomic mass is 9.79. The van der Waals surface area contributed by atoms with Crippen LogP contribution in [-0.4, -0.2) is 34.9 Å². The van der Waals surface area contributed by atoms with Gasteiger partial charge in [0.1, 0.15) is 0 Å². The molecule has 1 N–H and O–H groups in total. The molecule has 1 aliphatic heterocycles. The van der Waals surface area contributed by atoms with Gasteiger partial charge in [0.2, 0.25) is 0 Å². The molecule has 39 heavy (non-hydrogen) atoms. The number of carbonyl (C=O) groups is 2. The van der Waals surface area contributed by atoms with Gasteiger partial charge >= 0.3 is 11.9 Å². The summed E-state index contributed by atoms with van der Waals surface area (Å²) in [6, 6.07) is 19.6. The standard InChI is InChI=1S/C32H37N3O4/c1-20(2)18-38-31(36)27-22(5)33-23(6)28(32(37)39-19-21(3)4)29(27)26-17-35(25-15-11-8-12-16-25)34-30(26)24-13-9-7-10-14-24/h7-17,20-21,29,33H,18-19H2,1-6H3. The molecule has 7 heteroatoms. The molecule has 0 aliphatic carbocycles. The van der Waals surface area contributed by atoms with Crippen LogP contribution >= 0.6 is 0 Å². The lowest BCUT2D eigenvalue weighted by Gasteiger charge is -2.30. The van der Waals surface area contributed by atoms with Gasteiger partial charge in [0.25, 0.3) is 0 Å². The van der Waals surface area contributed by atoms with E-state index < -0.39 is 17.9 Å². The highest BCUT2D eigenvalue weighted by molar-refractivity contribution is 6.00. The Labute approximate surface area is 230 Å². The fourth-order valence-corrected chi connectivity index (χ4v) is 4.62. The molecule has 0 saturated heterocycles. The largest absolute Gasteiger partial charge is 0.462 e.